The van der Waals surface area contributed by atoms with Crippen LogP contribution in [-0.2, 0) is 6.61 Å². The zero-order chi connectivity index (χ0) is 13.0. The molecule has 3 heteroatoms. The fraction of sp³-hybridized carbons (Fsp3) is 0.0667. The monoisotopic (exact) mass is 240 g/mol. The third-order valence-electron chi connectivity index (χ3n) is 2.64. The largest absolute Gasteiger partial charge is 0.392 e. The van der Waals surface area contributed by atoms with Crippen LogP contribution in [0.5, 0.6) is 0 Å². The number of carbonyl (C=O) groups excluding carboxylic acids is 2. The molecule has 0 saturated carbocycles. The number of ketones is 2. The van der Waals surface area contributed by atoms with Gasteiger partial charge in [-0.3, -0.25) is 9.59 Å². The lowest BCUT2D eigenvalue weighted by atomic mass is 10.0. The van der Waals surface area contributed by atoms with E-state index < -0.39 is 11.6 Å². The van der Waals surface area contributed by atoms with Crippen LogP contribution in [0.2, 0.25) is 0 Å². The van der Waals surface area contributed by atoms with Crippen molar-refractivity contribution in [1.82, 2.24) is 0 Å². The van der Waals surface area contributed by atoms with Gasteiger partial charge in [0.15, 0.2) is 0 Å². The Labute approximate surface area is 105 Å². The average molecular weight is 240 g/mol. The van der Waals surface area contributed by atoms with Gasteiger partial charge in [0.2, 0.25) is 11.6 Å². The minimum absolute atomic E-state index is 0.0822. The van der Waals surface area contributed by atoms with Crippen molar-refractivity contribution >= 4 is 11.6 Å². The second-order valence-corrected chi connectivity index (χ2v) is 3.88. The maximum Gasteiger partial charge on any atom is 0.233 e. The SMILES string of the molecule is O=C(C(=O)c1ccc(CO)cc1)c1ccccc1. The molecule has 90 valence electrons. The second kappa shape index (κ2) is 5.38. The van der Waals surface area contributed by atoms with E-state index in [0.717, 1.165) is 0 Å². The number of rotatable bonds is 4. The van der Waals surface area contributed by atoms with Crippen LogP contribution in [0.3, 0.4) is 0 Å². The Kier molecular flexibility index (Phi) is 3.65. The van der Waals surface area contributed by atoms with Crippen LogP contribution in [-0.4, -0.2) is 16.7 Å². The molecule has 0 heterocycles. The van der Waals surface area contributed by atoms with Gasteiger partial charge < -0.3 is 5.11 Å². The van der Waals surface area contributed by atoms with Gasteiger partial charge in [-0.25, -0.2) is 0 Å². The molecule has 0 atom stereocenters. The van der Waals surface area contributed by atoms with Gasteiger partial charge in [0.25, 0.3) is 0 Å². The average Bonchev–Trinajstić information content (AvgIpc) is 2.47. The fourth-order valence-corrected chi connectivity index (χ4v) is 1.61. The van der Waals surface area contributed by atoms with Crippen molar-refractivity contribution in [3.8, 4) is 0 Å². The van der Waals surface area contributed by atoms with E-state index in [1.54, 1.807) is 54.6 Å². The molecular formula is C15H12O3. The van der Waals surface area contributed by atoms with Crippen molar-refractivity contribution in [2.45, 2.75) is 6.61 Å². The van der Waals surface area contributed by atoms with Crippen LogP contribution in [0.15, 0.2) is 54.6 Å². The standard InChI is InChI=1S/C15H12O3/c16-10-11-6-8-13(9-7-11)15(18)14(17)12-4-2-1-3-5-12/h1-9,16H,10H2. The molecule has 0 aliphatic carbocycles. The number of hydrogen-bond acceptors (Lipinski definition) is 3. The summed E-state index contributed by atoms with van der Waals surface area (Å²) in [6.45, 7) is -0.0822. The predicted molar refractivity (Wildman–Crippen MR) is 67.5 cm³/mol. The molecule has 0 fully saturated rings. The Bertz CT molecular complexity index is 556. The summed E-state index contributed by atoms with van der Waals surface area (Å²) in [7, 11) is 0. The van der Waals surface area contributed by atoms with E-state index in [2.05, 4.69) is 0 Å². The number of carbonyl (C=O) groups is 2. The summed E-state index contributed by atoms with van der Waals surface area (Å²) in [6, 6.07) is 14.8. The van der Waals surface area contributed by atoms with Crippen LogP contribution in [0.25, 0.3) is 0 Å². The lowest BCUT2D eigenvalue weighted by Crippen LogP contribution is -2.14. The zero-order valence-electron chi connectivity index (χ0n) is 9.67. The van der Waals surface area contributed by atoms with Crippen LogP contribution >= 0.6 is 0 Å². The lowest BCUT2D eigenvalue weighted by molar-refractivity contribution is 0.0817. The fourth-order valence-electron chi connectivity index (χ4n) is 1.61. The molecule has 0 aliphatic rings. The molecule has 18 heavy (non-hydrogen) atoms. The van der Waals surface area contributed by atoms with Crippen LogP contribution < -0.4 is 0 Å². The maximum atomic E-state index is 11.9. The third-order valence-corrected chi connectivity index (χ3v) is 2.64. The number of aliphatic hydroxyl groups excluding tert-OH is 1. The van der Waals surface area contributed by atoms with Crippen molar-refractivity contribution < 1.29 is 14.7 Å². The molecule has 2 rings (SSSR count). The molecule has 0 saturated heterocycles. The van der Waals surface area contributed by atoms with Gasteiger partial charge >= 0.3 is 0 Å². The van der Waals surface area contributed by atoms with Crippen LogP contribution in [0.1, 0.15) is 26.3 Å². The van der Waals surface area contributed by atoms with Crippen molar-refractivity contribution in [3.63, 3.8) is 0 Å². The summed E-state index contributed by atoms with van der Waals surface area (Å²) in [5.41, 5.74) is 1.42. The van der Waals surface area contributed by atoms with E-state index in [-0.39, 0.29) is 6.61 Å². The molecule has 0 bridgehead atoms. The number of hydrogen-bond donors (Lipinski definition) is 1. The molecule has 0 aliphatic heterocycles. The van der Waals surface area contributed by atoms with Crippen molar-refractivity contribution in [2.24, 2.45) is 0 Å². The predicted octanol–water partition coefficient (Wildman–Crippen LogP) is 2.24. The minimum Gasteiger partial charge on any atom is -0.392 e. The Morgan fingerprint density at radius 3 is 1.78 bits per heavy atom. The Morgan fingerprint density at radius 2 is 1.28 bits per heavy atom. The first kappa shape index (κ1) is 12.2. The highest BCUT2D eigenvalue weighted by molar-refractivity contribution is 6.49. The van der Waals surface area contributed by atoms with Gasteiger partial charge in [-0.05, 0) is 5.56 Å². The first-order valence-electron chi connectivity index (χ1n) is 5.56. The third kappa shape index (κ3) is 2.52. The second-order valence-electron chi connectivity index (χ2n) is 3.88. The van der Waals surface area contributed by atoms with Gasteiger partial charge in [-0.2, -0.15) is 0 Å². The Hall–Kier alpha value is -2.26. The molecule has 0 radical (unpaired) electrons. The smallest absolute Gasteiger partial charge is 0.233 e. The highest BCUT2D eigenvalue weighted by Crippen LogP contribution is 2.09. The number of Topliss-reactive ketones (excluding diaryl/α,β-unsaturated/α-hetero) is 2. The summed E-state index contributed by atoms with van der Waals surface area (Å²) >= 11 is 0. The summed E-state index contributed by atoms with van der Waals surface area (Å²) < 4.78 is 0. The normalized spacial score (nSPS) is 10.1. The molecule has 1 N–H and O–H groups in total. The Balaban J connectivity index is 2.23. The quantitative estimate of drug-likeness (QED) is 0.658. The van der Waals surface area contributed by atoms with Crippen molar-refractivity contribution in [1.29, 1.82) is 0 Å². The molecule has 2 aromatic rings. The molecule has 0 unspecified atom stereocenters. The summed E-state index contributed by atoms with van der Waals surface area (Å²) in [5.74, 6) is -1.06. The van der Waals surface area contributed by atoms with Gasteiger partial charge in [0.05, 0.1) is 6.61 Å². The summed E-state index contributed by atoms with van der Waals surface area (Å²) in [5, 5.41) is 8.90. The Morgan fingerprint density at radius 1 is 0.778 bits per heavy atom. The topological polar surface area (TPSA) is 54.4 Å². The summed E-state index contributed by atoms with van der Waals surface area (Å²) in [4.78, 5) is 23.8. The minimum atomic E-state index is -0.536. The molecular weight excluding hydrogens is 228 g/mol. The van der Waals surface area contributed by atoms with Crippen molar-refractivity contribution in [2.75, 3.05) is 0 Å². The first-order valence-corrected chi connectivity index (χ1v) is 5.56. The maximum absolute atomic E-state index is 11.9. The van der Waals surface area contributed by atoms with Crippen molar-refractivity contribution in [3.05, 3.63) is 71.3 Å². The van der Waals surface area contributed by atoms with Gasteiger partial charge in [0, 0.05) is 11.1 Å². The van der Waals surface area contributed by atoms with E-state index in [9.17, 15) is 9.59 Å². The lowest BCUT2D eigenvalue weighted by Gasteiger charge is -2.01. The van der Waals surface area contributed by atoms with Crippen LogP contribution in [0, 0.1) is 0 Å². The van der Waals surface area contributed by atoms with E-state index in [1.165, 1.54) is 0 Å². The van der Waals surface area contributed by atoms with Gasteiger partial charge in [-0.1, -0.05) is 54.6 Å². The number of benzene rings is 2. The van der Waals surface area contributed by atoms with Gasteiger partial charge in [0.1, 0.15) is 0 Å². The molecule has 0 aromatic heterocycles. The highest BCUT2D eigenvalue weighted by atomic mass is 16.3. The van der Waals surface area contributed by atoms with E-state index >= 15 is 0 Å². The molecule has 0 amide bonds. The molecule has 3 nitrogen and oxygen atoms in total. The highest BCUT2D eigenvalue weighted by Gasteiger charge is 2.17. The van der Waals surface area contributed by atoms with Gasteiger partial charge in [-0.15, -0.1) is 0 Å². The number of aliphatic hydroxyl groups is 1. The van der Waals surface area contributed by atoms with E-state index in [0.29, 0.717) is 16.7 Å². The van der Waals surface area contributed by atoms with E-state index in [4.69, 9.17) is 5.11 Å². The summed E-state index contributed by atoms with van der Waals surface area (Å²) in [6.07, 6.45) is 0. The van der Waals surface area contributed by atoms with Crippen LogP contribution in [0.4, 0.5) is 0 Å². The molecule has 0 spiro atoms. The zero-order valence-corrected chi connectivity index (χ0v) is 9.67. The van der Waals surface area contributed by atoms with E-state index in [1.807, 2.05) is 0 Å². The first-order chi connectivity index (χ1) is 8.72. The molecule has 2 aromatic carbocycles.